The van der Waals surface area contributed by atoms with E-state index in [9.17, 15) is 0 Å². The summed E-state index contributed by atoms with van der Waals surface area (Å²) in [5, 5.41) is 14.7. The summed E-state index contributed by atoms with van der Waals surface area (Å²) in [5.41, 5.74) is 8.94. The van der Waals surface area contributed by atoms with Crippen LogP contribution in [0.3, 0.4) is 0 Å². The van der Waals surface area contributed by atoms with Gasteiger partial charge in [0.25, 0.3) is 0 Å². The molecule has 0 unspecified atom stereocenters. The van der Waals surface area contributed by atoms with Gasteiger partial charge in [-0.2, -0.15) is 0 Å². The van der Waals surface area contributed by atoms with Crippen molar-refractivity contribution in [1.82, 2.24) is 0 Å². The fraction of sp³-hybridized carbons (Fsp3) is 0. The van der Waals surface area contributed by atoms with E-state index in [0.717, 1.165) is 0 Å². The third-order valence-electron chi connectivity index (χ3n) is 0.756. The molecule has 0 atom stereocenters. The topological polar surface area (TPSA) is 96.1 Å². The molecule has 0 spiro atoms. The molecular weight excluding hydrogens is 213 g/mol. The van der Waals surface area contributed by atoms with Crippen LogP contribution >= 0.6 is 24.8 Å². The molecule has 76 valence electrons. The zero-order valence-corrected chi connectivity index (χ0v) is 8.44. The number of nitrogens with one attached hydrogen (secondary N) is 1. The second-order valence-corrected chi connectivity index (χ2v) is 1.79. The van der Waals surface area contributed by atoms with Crippen LogP contribution in [0, 0.1) is 5.41 Å². The molecule has 1 aromatic rings. The lowest BCUT2D eigenvalue weighted by Gasteiger charge is -1.82. The number of hydrogen-bond acceptors (Lipinski definition) is 2. The van der Waals surface area contributed by atoms with Crippen LogP contribution in [0.2, 0.25) is 0 Å². The number of aromatic hydroxyl groups is 1. The van der Waals surface area contributed by atoms with Crippen molar-refractivity contribution < 1.29 is 5.11 Å². The Labute approximate surface area is 89.3 Å². The molecule has 0 aromatic heterocycles. The number of halogens is 2. The average molecular weight is 226 g/mol. The van der Waals surface area contributed by atoms with E-state index in [-0.39, 0.29) is 30.8 Å². The minimum atomic E-state index is -0.333. The number of phenols is 1. The highest BCUT2D eigenvalue weighted by molar-refractivity contribution is 5.85. The zero-order chi connectivity index (χ0) is 8.69. The van der Waals surface area contributed by atoms with E-state index < -0.39 is 0 Å². The number of guanidine groups is 1. The van der Waals surface area contributed by atoms with E-state index in [4.69, 9.17) is 10.5 Å². The smallest absolute Gasteiger partial charge is 0.183 e. The number of rotatable bonds is 0. The van der Waals surface area contributed by atoms with Gasteiger partial charge in [-0.25, -0.2) is 0 Å². The quantitative estimate of drug-likeness (QED) is 0.393. The monoisotopic (exact) mass is 225 g/mol. The van der Waals surface area contributed by atoms with Crippen LogP contribution in [0.4, 0.5) is 0 Å². The van der Waals surface area contributed by atoms with Gasteiger partial charge in [0.15, 0.2) is 5.96 Å². The molecule has 0 fully saturated rings. The largest absolute Gasteiger partial charge is 0.508 e. The van der Waals surface area contributed by atoms with Crippen LogP contribution < -0.4 is 11.5 Å². The molecule has 1 aromatic carbocycles. The third-order valence-corrected chi connectivity index (χ3v) is 0.756. The Morgan fingerprint density at radius 1 is 1.08 bits per heavy atom. The lowest BCUT2D eigenvalue weighted by Crippen LogP contribution is -2.20. The van der Waals surface area contributed by atoms with Gasteiger partial charge in [-0.3, -0.25) is 5.41 Å². The first-order valence-electron chi connectivity index (χ1n) is 2.96. The summed E-state index contributed by atoms with van der Waals surface area (Å²) in [6, 6.07) is 8.71. The highest BCUT2D eigenvalue weighted by atomic mass is 35.5. The maximum atomic E-state index is 8.63. The zero-order valence-electron chi connectivity index (χ0n) is 6.81. The van der Waals surface area contributed by atoms with Gasteiger partial charge >= 0.3 is 0 Å². The van der Waals surface area contributed by atoms with Gasteiger partial charge in [0.05, 0.1) is 0 Å². The second-order valence-electron chi connectivity index (χ2n) is 1.79. The Bertz CT molecular complexity index is 214. The van der Waals surface area contributed by atoms with Gasteiger partial charge in [-0.05, 0) is 12.1 Å². The normalized spacial score (nSPS) is 6.46. The molecule has 6 N–H and O–H groups in total. The summed E-state index contributed by atoms with van der Waals surface area (Å²) in [7, 11) is 0. The van der Waals surface area contributed by atoms with Crippen LogP contribution in [-0.2, 0) is 0 Å². The summed E-state index contributed by atoms with van der Waals surface area (Å²) in [4.78, 5) is 0. The highest BCUT2D eigenvalue weighted by Crippen LogP contribution is 2.02. The maximum absolute atomic E-state index is 8.63. The minimum absolute atomic E-state index is 0. The van der Waals surface area contributed by atoms with Crippen LogP contribution in [-0.4, -0.2) is 11.1 Å². The van der Waals surface area contributed by atoms with Gasteiger partial charge in [0, 0.05) is 0 Å². The fourth-order valence-electron chi connectivity index (χ4n) is 0.428. The summed E-state index contributed by atoms with van der Waals surface area (Å²) in [6.07, 6.45) is 0. The Morgan fingerprint density at radius 3 is 1.54 bits per heavy atom. The first-order valence-corrected chi connectivity index (χ1v) is 2.96. The number of para-hydroxylation sites is 1. The van der Waals surface area contributed by atoms with E-state index in [0.29, 0.717) is 5.75 Å². The molecule has 4 nitrogen and oxygen atoms in total. The minimum Gasteiger partial charge on any atom is -0.508 e. The second kappa shape index (κ2) is 10.9. The van der Waals surface area contributed by atoms with Gasteiger partial charge < -0.3 is 16.6 Å². The van der Waals surface area contributed by atoms with E-state index in [1.54, 1.807) is 24.3 Å². The Morgan fingerprint density at radius 2 is 1.38 bits per heavy atom. The molecule has 13 heavy (non-hydrogen) atoms. The molecule has 0 heterocycles. The predicted molar refractivity (Wildman–Crippen MR) is 58.7 cm³/mol. The summed E-state index contributed by atoms with van der Waals surface area (Å²) < 4.78 is 0. The number of hydrogen-bond donors (Lipinski definition) is 4. The summed E-state index contributed by atoms with van der Waals surface area (Å²) >= 11 is 0. The van der Waals surface area contributed by atoms with Crippen LogP contribution in [0.1, 0.15) is 0 Å². The SMILES string of the molecule is Cl.Cl.N=C(N)N.Oc1ccccc1. The molecule has 0 aliphatic rings. The number of phenolic OH excluding ortho intramolecular Hbond substituents is 1. The van der Waals surface area contributed by atoms with E-state index in [1.165, 1.54) is 0 Å². The number of benzene rings is 1. The van der Waals surface area contributed by atoms with Crippen LogP contribution in [0.25, 0.3) is 0 Å². The Kier molecular flexibility index (Phi) is 14.9. The van der Waals surface area contributed by atoms with Gasteiger partial charge in [-0.1, -0.05) is 18.2 Å². The maximum Gasteiger partial charge on any atom is 0.183 e. The van der Waals surface area contributed by atoms with Gasteiger partial charge in [-0.15, -0.1) is 24.8 Å². The molecule has 0 saturated carbocycles. The summed E-state index contributed by atoms with van der Waals surface area (Å²) in [5.74, 6) is -0.0116. The van der Waals surface area contributed by atoms with Crippen molar-refractivity contribution in [2.75, 3.05) is 0 Å². The van der Waals surface area contributed by atoms with Crippen molar-refractivity contribution in [3.63, 3.8) is 0 Å². The van der Waals surface area contributed by atoms with Crippen LogP contribution in [0.15, 0.2) is 30.3 Å². The summed E-state index contributed by atoms with van der Waals surface area (Å²) in [6.45, 7) is 0. The van der Waals surface area contributed by atoms with Crippen molar-refractivity contribution in [3.8, 4) is 5.75 Å². The Balaban J connectivity index is -0.000000150. The van der Waals surface area contributed by atoms with Crippen molar-refractivity contribution in [3.05, 3.63) is 30.3 Å². The van der Waals surface area contributed by atoms with Gasteiger partial charge in [0.1, 0.15) is 5.75 Å². The van der Waals surface area contributed by atoms with Crippen molar-refractivity contribution in [2.24, 2.45) is 11.5 Å². The number of nitrogens with two attached hydrogens (primary N) is 2. The molecule has 0 saturated heterocycles. The molecule has 1 rings (SSSR count). The average Bonchev–Trinajstić information content (AvgIpc) is 1.87. The van der Waals surface area contributed by atoms with Crippen molar-refractivity contribution >= 4 is 30.8 Å². The standard InChI is InChI=1S/C6H6O.CH5N3.2ClH/c7-6-4-2-1-3-5-6;2-1(3)4;;/h1-5,7H;(H5,2,3,4);2*1H. The van der Waals surface area contributed by atoms with E-state index in [1.807, 2.05) is 6.07 Å². The molecule has 0 aliphatic heterocycles. The molecule has 0 amide bonds. The first-order chi connectivity index (χ1) is 5.13. The van der Waals surface area contributed by atoms with Gasteiger partial charge in [0.2, 0.25) is 0 Å². The highest BCUT2D eigenvalue weighted by Gasteiger charge is 1.74. The Hall–Kier alpha value is -1.13. The van der Waals surface area contributed by atoms with E-state index in [2.05, 4.69) is 11.5 Å². The first kappa shape index (κ1) is 17.8. The van der Waals surface area contributed by atoms with Crippen molar-refractivity contribution in [1.29, 1.82) is 5.41 Å². The van der Waals surface area contributed by atoms with E-state index >= 15 is 0 Å². The van der Waals surface area contributed by atoms with Crippen molar-refractivity contribution in [2.45, 2.75) is 0 Å². The molecule has 0 aliphatic carbocycles. The van der Waals surface area contributed by atoms with Crippen LogP contribution in [0.5, 0.6) is 5.75 Å². The predicted octanol–water partition coefficient (Wildman–Crippen LogP) is 1.07. The molecule has 0 bridgehead atoms. The fourth-order valence-corrected chi connectivity index (χ4v) is 0.428. The lowest BCUT2D eigenvalue weighted by atomic mass is 10.3. The molecular formula is C7H13Cl2N3O. The third kappa shape index (κ3) is 18.1. The lowest BCUT2D eigenvalue weighted by molar-refractivity contribution is 0.475. The molecule has 0 radical (unpaired) electrons. The molecule has 6 heteroatoms.